The lowest BCUT2D eigenvalue weighted by molar-refractivity contribution is 0.176. The predicted molar refractivity (Wildman–Crippen MR) is 79.9 cm³/mol. The first-order valence-electron chi connectivity index (χ1n) is 6.65. The SMILES string of the molecule is CCOc1nc(COC)nc(NCc2cccnc2)c1N. The monoisotopic (exact) mass is 289 g/mol. The minimum atomic E-state index is 0.294. The summed E-state index contributed by atoms with van der Waals surface area (Å²) in [5.74, 6) is 1.42. The molecule has 112 valence electrons. The van der Waals surface area contributed by atoms with Gasteiger partial charge in [-0.25, -0.2) is 4.98 Å². The first kappa shape index (κ1) is 15.0. The van der Waals surface area contributed by atoms with Crippen molar-refractivity contribution in [3.05, 3.63) is 35.9 Å². The Kier molecular flexibility index (Phi) is 5.28. The second-order valence-corrected chi connectivity index (χ2v) is 4.29. The van der Waals surface area contributed by atoms with Gasteiger partial charge >= 0.3 is 0 Å². The number of aromatic nitrogens is 3. The molecule has 0 bridgehead atoms. The van der Waals surface area contributed by atoms with E-state index in [1.807, 2.05) is 19.1 Å². The van der Waals surface area contributed by atoms with Crippen molar-refractivity contribution in [3.63, 3.8) is 0 Å². The molecule has 0 amide bonds. The first-order valence-corrected chi connectivity index (χ1v) is 6.65. The van der Waals surface area contributed by atoms with Gasteiger partial charge in [0.2, 0.25) is 5.88 Å². The number of hydrogen-bond acceptors (Lipinski definition) is 7. The van der Waals surface area contributed by atoms with Gasteiger partial charge in [0, 0.05) is 26.0 Å². The standard InChI is InChI=1S/C14H19N5O2/c1-3-21-14-12(15)13(18-11(19-14)9-20-2)17-8-10-5-4-6-16-7-10/h4-7H,3,8-9,15H2,1-2H3,(H,17,18,19). The number of nitrogen functional groups attached to an aromatic ring is 1. The lowest BCUT2D eigenvalue weighted by atomic mass is 10.3. The first-order chi connectivity index (χ1) is 10.2. The van der Waals surface area contributed by atoms with Crippen LogP contribution in [-0.2, 0) is 17.9 Å². The topological polar surface area (TPSA) is 95.2 Å². The smallest absolute Gasteiger partial charge is 0.242 e. The van der Waals surface area contributed by atoms with Crippen molar-refractivity contribution in [2.45, 2.75) is 20.1 Å². The number of pyridine rings is 1. The number of methoxy groups -OCH3 is 1. The van der Waals surface area contributed by atoms with Gasteiger partial charge in [-0.05, 0) is 18.6 Å². The van der Waals surface area contributed by atoms with Crippen LogP contribution >= 0.6 is 0 Å². The zero-order valence-electron chi connectivity index (χ0n) is 12.2. The predicted octanol–water partition coefficient (Wildman–Crippen LogP) is 1.61. The van der Waals surface area contributed by atoms with Crippen LogP contribution in [0, 0.1) is 0 Å². The zero-order valence-corrected chi connectivity index (χ0v) is 12.2. The van der Waals surface area contributed by atoms with E-state index in [0.29, 0.717) is 43.0 Å². The van der Waals surface area contributed by atoms with Crippen LogP contribution in [0.2, 0.25) is 0 Å². The number of hydrogen-bond donors (Lipinski definition) is 2. The van der Waals surface area contributed by atoms with Crippen LogP contribution in [0.3, 0.4) is 0 Å². The Morgan fingerprint density at radius 3 is 2.86 bits per heavy atom. The normalized spacial score (nSPS) is 10.4. The third-order valence-electron chi connectivity index (χ3n) is 2.69. The van der Waals surface area contributed by atoms with Gasteiger partial charge in [0.1, 0.15) is 12.3 Å². The van der Waals surface area contributed by atoms with E-state index < -0.39 is 0 Å². The van der Waals surface area contributed by atoms with E-state index in [-0.39, 0.29) is 0 Å². The summed E-state index contributed by atoms with van der Waals surface area (Å²) in [6.07, 6.45) is 3.51. The van der Waals surface area contributed by atoms with Gasteiger partial charge in [0.15, 0.2) is 11.6 Å². The molecule has 2 rings (SSSR count). The number of nitrogens with two attached hydrogens (primary N) is 1. The second kappa shape index (κ2) is 7.39. The average Bonchev–Trinajstić information content (AvgIpc) is 2.50. The fraction of sp³-hybridized carbons (Fsp3) is 0.357. The Morgan fingerprint density at radius 1 is 1.33 bits per heavy atom. The molecule has 0 radical (unpaired) electrons. The number of ether oxygens (including phenoxy) is 2. The highest BCUT2D eigenvalue weighted by atomic mass is 16.5. The largest absolute Gasteiger partial charge is 0.476 e. The fourth-order valence-corrected chi connectivity index (χ4v) is 1.76. The molecule has 0 unspecified atom stereocenters. The Labute approximate surface area is 123 Å². The maximum absolute atomic E-state index is 6.03. The fourth-order valence-electron chi connectivity index (χ4n) is 1.76. The molecule has 0 aliphatic heterocycles. The van der Waals surface area contributed by atoms with Crippen LogP contribution in [0.15, 0.2) is 24.5 Å². The number of nitrogens with one attached hydrogen (secondary N) is 1. The summed E-state index contributed by atoms with van der Waals surface area (Å²) in [4.78, 5) is 12.6. The molecular formula is C14H19N5O2. The van der Waals surface area contributed by atoms with Crippen molar-refractivity contribution < 1.29 is 9.47 Å². The highest BCUT2D eigenvalue weighted by Crippen LogP contribution is 2.26. The summed E-state index contributed by atoms with van der Waals surface area (Å²) in [7, 11) is 1.59. The molecule has 0 fully saturated rings. The molecule has 0 spiro atoms. The van der Waals surface area contributed by atoms with Gasteiger partial charge in [0.25, 0.3) is 0 Å². The number of rotatable bonds is 7. The van der Waals surface area contributed by atoms with E-state index in [9.17, 15) is 0 Å². The van der Waals surface area contributed by atoms with Gasteiger partial charge in [-0.3, -0.25) is 4.98 Å². The minimum Gasteiger partial charge on any atom is -0.476 e. The highest BCUT2D eigenvalue weighted by molar-refractivity contribution is 5.67. The summed E-state index contributed by atoms with van der Waals surface area (Å²) in [6, 6.07) is 3.85. The zero-order chi connectivity index (χ0) is 15.1. The van der Waals surface area contributed by atoms with Crippen molar-refractivity contribution in [1.82, 2.24) is 15.0 Å². The summed E-state index contributed by atoms with van der Waals surface area (Å²) in [5.41, 5.74) is 7.45. The summed E-state index contributed by atoms with van der Waals surface area (Å²) in [6.45, 7) is 3.21. The molecule has 0 aliphatic rings. The number of nitrogens with zero attached hydrogens (tertiary/aromatic N) is 3. The van der Waals surface area contributed by atoms with Crippen LogP contribution in [0.25, 0.3) is 0 Å². The van der Waals surface area contributed by atoms with Crippen LogP contribution in [0.4, 0.5) is 11.5 Å². The Balaban J connectivity index is 2.20. The summed E-state index contributed by atoms with van der Waals surface area (Å²) < 4.78 is 10.5. The summed E-state index contributed by atoms with van der Waals surface area (Å²) >= 11 is 0. The van der Waals surface area contributed by atoms with E-state index >= 15 is 0 Å². The quantitative estimate of drug-likeness (QED) is 0.799. The molecular weight excluding hydrogens is 270 g/mol. The van der Waals surface area contributed by atoms with Crippen molar-refractivity contribution in [2.75, 3.05) is 24.8 Å². The van der Waals surface area contributed by atoms with Crippen LogP contribution in [0.5, 0.6) is 5.88 Å². The lowest BCUT2D eigenvalue weighted by Gasteiger charge is -2.13. The molecule has 21 heavy (non-hydrogen) atoms. The highest BCUT2D eigenvalue weighted by Gasteiger charge is 2.12. The second-order valence-electron chi connectivity index (χ2n) is 4.29. The van der Waals surface area contributed by atoms with Gasteiger partial charge in [-0.1, -0.05) is 6.07 Å². The minimum absolute atomic E-state index is 0.294. The van der Waals surface area contributed by atoms with Crippen molar-refractivity contribution in [1.29, 1.82) is 0 Å². The molecule has 2 aromatic heterocycles. The molecule has 0 aliphatic carbocycles. The Hall–Kier alpha value is -2.41. The molecule has 0 saturated carbocycles. The van der Waals surface area contributed by atoms with E-state index in [1.54, 1.807) is 19.5 Å². The molecule has 2 aromatic rings. The molecule has 7 nitrogen and oxygen atoms in total. The van der Waals surface area contributed by atoms with Gasteiger partial charge in [-0.2, -0.15) is 4.98 Å². The molecule has 0 atom stereocenters. The molecule has 0 saturated heterocycles. The third kappa shape index (κ3) is 4.03. The van der Waals surface area contributed by atoms with Gasteiger partial charge in [0.05, 0.1) is 6.61 Å². The molecule has 7 heteroatoms. The average molecular weight is 289 g/mol. The van der Waals surface area contributed by atoms with Crippen LogP contribution in [-0.4, -0.2) is 28.7 Å². The molecule has 3 N–H and O–H groups in total. The van der Waals surface area contributed by atoms with Gasteiger partial charge < -0.3 is 20.5 Å². The number of anilines is 2. The van der Waals surface area contributed by atoms with E-state index in [0.717, 1.165) is 5.56 Å². The van der Waals surface area contributed by atoms with Crippen molar-refractivity contribution in [3.8, 4) is 5.88 Å². The summed E-state index contributed by atoms with van der Waals surface area (Å²) in [5, 5.41) is 3.18. The van der Waals surface area contributed by atoms with Crippen molar-refractivity contribution >= 4 is 11.5 Å². The molecule has 2 heterocycles. The third-order valence-corrected chi connectivity index (χ3v) is 2.69. The maximum Gasteiger partial charge on any atom is 0.242 e. The van der Waals surface area contributed by atoms with E-state index in [4.69, 9.17) is 15.2 Å². The van der Waals surface area contributed by atoms with Crippen LogP contribution in [0.1, 0.15) is 18.3 Å². The maximum atomic E-state index is 6.03. The van der Waals surface area contributed by atoms with Crippen LogP contribution < -0.4 is 15.8 Å². The van der Waals surface area contributed by atoms with E-state index in [2.05, 4.69) is 20.3 Å². The molecule has 0 aromatic carbocycles. The van der Waals surface area contributed by atoms with E-state index in [1.165, 1.54) is 0 Å². The Bertz CT molecular complexity index is 577. The Morgan fingerprint density at radius 2 is 2.19 bits per heavy atom. The lowest BCUT2D eigenvalue weighted by Crippen LogP contribution is -2.11. The van der Waals surface area contributed by atoms with Crippen molar-refractivity contribution in [2.24, 2.45) is 0 Å². The van der Waals surface area contributed by atoms with Gasteiger partial charge in [-0.15, -0.1) is 0 Å².